The number of anilines is 1. The van der Waals surface area contributed by atoms with Crippen LogP contribution in [0.3, 0.4) is 0 Å². The van der Waals surface area contributed by atoms with Gasteiger partial charge in [0.25, 0.3) is 5.91 Å². The fraction of sp³-hybridized carbons (Fsp3) is 0.0952. The smallest absolute Gasteiger partial charge is 0.409 e. The lowest BCUT2D eigenvalue weighted by Crippen LogP contribution is -2.15. The number of amides is 2. The van der Waals surface area contributed by atoms with Gasteiger partial charge in [-0.1, -0.05) is 34.1 Å². The Balaban J connectivity index is 2.15. The molecule has 146 valence electrons. The third-order valence-corrected chi connectivity index (χ3v) is 5.46. The number of aromatic amines is 1. The Hall–Kier alpha value is -3.39. The highest BCUT2D eigenvalue weighted by Gasteiger charge is 2.22. The van der Waals surface area contributed by atoms with E-state index in [-0.39, 0.29) is 5.69 Å². The molecule has 0 fully saturated rings. The van der Waals surface area contributed by atoms with Crippen LogP contribution in [0, 0.1) is 13.8 Å². The minimum Gasteiger partial charge on any atom is -0.465 e. The number of hydrogen-bond donors (Lipinski definition) is 4. The van der Waals surface area contributed by atoms with Gasteiger partial charge in [0.15, 0.2) is 5.69 Å². The van der Waals surface area contributed by atoms with Crippen LogP contribution in [-0.2, 0) is 0 Å². The van der Waals surface area contributed by atoms with E-state index in [1.807, 2.05) is 38.1 Å². The summed E-state index contributed by atoms with van der Waals surface area (Å²) in [4.78, 5) is 30.9. The van der Waals surface area contributed by atoms with Crippen LogP contribution in [0.5, 0.6) is 0 Å². The highest BCUT2D eigenvalue weighted by molar-refractivity contribution is 9.10. The van der Waals surface area contributed by atoms with Crippen LogP contribution in [0.4, 0.5) is 10.5 Å². The monoisotopic (exact) mass is 452 g/mol. The highest BCUT2D eigenvalue weighted by atomic mass is 79.9. The lowest BCUT2D eigenvalue weighted by molar-refractivity contribution is 0.0997. The zero-order valence-electron chi connectivity index (χ0n) is 15.6. The zero-order chi connectivity index (χ0) is 20.9. The van der Waals surface area contributed by atoms with E-state index < -0.39 is 12.0 Å². The fourth-order valence-electron chi connectivity index (χ4n) is 3.73. The van der Waals surface area contributed by atoms with Gasteiger partial charge in [-0.05, 0) is 43.2 Å². The van der Waals surface area contributed by atoms with E-state index in [0.29, 0.717) is 16.9 Å². The first kappa shape index (κ1) is 18.9. The molecule has 2 aromatic heterocycles. The first-order chi connectivity index (χ1) is 13.8. The van der Waals surface area contributed by atoms with Crippen molar-refractivity contribution >= 4 is 55.4 Å². The van der Waals surface area contributed by atoms with Crippen LogP contribution in [0.15, 0.2) is 40.9 Å². The van der Waals surface area contributed by atoms with E-state index in [4.69, 9.17) is 10.8 Å². The van der Waals surface area contributed by atoms with E-state index in [9.17, 15) is 9.59 Å². The van der Waals surface area contributed by atoms with Crippen molar-refractivity contribution in [2.45, 2.75) is 13.8 Å². The van der Waals surface area contributed by atoms with Crippen LogP contribution < -0.4 is 11.1 Å². The number of nitrogens with one attached hydrogen (secondary N) is 2. The summed E-state index contributed by atoms with van der Waals surface area (Å²) < 4.78 is 0.896. The summed E-state index contributed by atoms with van der Waals surface area (Å²) in [6.45, 7) is 3.66. The van der Waals surface area contributed by atoms with Gasteiger partial charge >= 0.3 is 6.09 Å². The molecule has 0 unspecified atom stereocenters. The summed E-state index contributed by atoms with van der Waals surface area (Å²) >= 11 is 3.47. The topological polar surface area (TPSA) is 121 Å². The van der Waals surface area contributed by atoms with Gasteiger partial charge in [-0.3, -0.25) is 10.1 Å². The molecule has 2 aromatic carbocycles. The van der Waals surface area contributed by atoms with Gasteiger partial charge in [-0.25, -0.2) is 9.78 Å². The van der Waals surface area contributed by atoms with Crippen molar-refractivity contribution in [1.82, 2.24) is 9.97 Å². The van der Waals surface area contributed by atoms with Gasteiger partial charge in [-0.15, -0.1) is 0 Å². The number of fused-ring (bicyclic) bond motifs is 3. The number of carboxylic acid groups (broad SMARTS) is 1. The highest BCUT2D eigenvalue weighted by Crippen LogP contribution is 2.40. The number of aromatic nitrogens is 2. The van der Waals surface area contributed by atoms with Gasteiger partial charge in [0, 0.05) is 37.7 Å². The minimum atomic E-state index is -1.13. The van der Waals surface area contributed by atoms with E-state index in [1.54, 1.807) is 12.1 Å². The zero-order valence-corrected chi connectivity index (χ0v) is 17.2. The molecule has 0 bridgehead atoms. The van der Waals surface area contributed by atoms with Crippen molar-refractivity contribution in [3.63, 3.8) is 0 Å². The van der Waals surface area contributed by atoms with Crippen LogP contribution in [-0.4, -0.2) is 27.1 Å². The molecule has 4 rings (SSSR count). The summed E-state index contributed by atoms with van der Waals surface area (Å²) in [6, 6.07) is 11.2. The van der Waals surface area contributed by atoms with Gasteiger partial charge < -0.3 is 15.8 Å². The van der Waals surface area contributed by atoms with Gasteiger partial charge in [0.1, 0.15) is 0 Å². The maximum atomic E-state index is 12.1. The Bertz CT molecular complexity index is 1330. The lowest BCUT2D eigenvalue weighted by atomic mass is 9.93. The third-order valence-electron chi connectivity index (χ3n) is 4.97. The van der Waals surface area contributed by atoms with E-state index in [2.05, 4.69) is 31.2 Å². The molecule has 0 atom stereocenters. The Morgan fingerprint density at radius 3 is 2.66 bits per heavy atom. The number of primary amides is 1. The molecule has 2 heterocycles. The van der Waals surface area contributed by atoms with E-state index in [1.165, 1.54) is 0 Å². The van der Waals surface area contributed by atoms with Crippen LogP contribution in [0.25, 0.3) is 32.9 Å². The number of benzene rings is 2. The maximum absolute atomic E-state index is 12.1. The summed E-state index contributed by atoms with van der Waals surface area (Å²) in [5, 5.41) is 13.3. The standard InChI is InChI=1S/C21H17BrN4O3/c1-9-12(4-3-5-14(9)26-21(28)29)16-10(2)24-19(20(23)27)18-17(16)13-7-6-11(22)8-15(13)25-18/h3-8,25-26H,1-2H3,(H2,23,27)(H,28,29). The molecule has 0 saturated carbocycles. The number of H-pyrrole nitrogens is 1. The van der Waals surface area contributed by atoms with E-state index >= 15 is 0 Å². The second-order valence-electron chi connectivity index (χ2n) is 6.76. The van der Waals surface area contributed by atoms with Crippen molar-refractivity contribution < 1.29 is 14.7 Å². The molecule has 7 nitrogen and oxygen atoms in total. The molecular weight excluding hydrogens is 436 g/mol. The Labute approximate surface area is 174 Å². The SMILES string of the molecule is Cc1nc(C(N)=O)c2[nH]c3cc(Br)ccc3c2c1-c1cccc(NC(=O)O)c1C. The predicted octanol–water partition coefficient (Wildman–Crippen LogP) is 4.95. The normalized spacial score (nSPS) is 11.1. The Kier molecular flexibility index (Phi) is 4.50. The number of pyridine rings is 1. The van der Waals surface area contributed by atoms with Crippen LogP contribution in [0.1, 0.15) is 21.7 Å². The Morgan fingerprint density at radius 1 is 1.21 bits per heavy atom. The molecule has 0 saturated heterocycles. The van der Waals surface area contributed by atoms with Crippen LogP contribution in [0.2, 0.25) is 0 Å². The van der Waals surface area contributed by atoms with Gasteiger partial charge in [-0.2, -0.15) is 0 Å². The second kappa shape index (κ2) is 6.89. The Morgan fingerprint density at radius 2 is 1.97 bits per heavy atom. The molecule has 4 aromatic rings. The summed E-state index contributed by atoms with van der Waals surface area (Å²) in [7, 11) is 0. The predicted molar refractivity (Wildman–Crippen MR) is 116 cm³/mol. The van der Waals surface area contributed by atoms with Crippen molar-refractivity contribution in [2.24, 2.45) is 5.73 Å². The van der Waals surface area contributed by atoms with Gasteiger partial charge in [0.05, 0.1) is 5.52 Å². The fourth-order valence-corrected chi connectivity index (χ4v) is 4.09. The molecule has 8 heteroatoms. The number of carbonyl (C=O) groups excluding carboxylic acids is 1. The molecule has 0 aliphatic rings. The van der Waals surface area contributed by atoms with Gasteiger partial charge in [0.2, 0.25) is 0 Å². The maximum Gasteiger partial charge on any atom is 0.409 e. The average molecular weight is 453 g/mol. The number of hydrogen-bond acceptors (Lipinski definition) is 3. The quantitative estimate of drug-likeness (QED) is 0.351. The van der Waals surface area contributed by atoms with E-state index in [0.717, 1.165) is 37.5 Å². The molecule has 5 N–H and O–H groups in total. The van der Waals surface area contributed by atoms with Crippen molar-refractivity contribution in [3.8, 4) is 11.1 Å². The number of nitrogens with zero attached hydrogens (tertiary/aromatic N) is 1. The van der Waals surface area contributed by atoms with Crippen molar-refractivity contribution in [1.29, 1.82) is 0 Å². The lowest BCUT2D eigenvalue weighted by Gasteiger charge is -2.15. The summed E-state index contributed by atoms with van der Waals surface area (Å²) in [5.74, 6) is -0.617. The molecular formula is C21H17BrN4O3. The first-order valence-corrected chi connectivity index (χ1v) is 9.58. The molecule has 0 aliphatic carbocycles. The van der Waals surface area contributed by atoms with Crippen LogP contribution >= 0.6 is 15.9 Å². The number of carbonyl (C=O) groups is 2. The molecule has 0 aliphatic heterocycles. The average Bonchev–Trinajstić information content (AvgIpc) is 3.01. The van der Waals surface area contributed by atoms with Crippen molar-refractivity contribution in [2.75, 3.05) is 5.32 Å². The molecule has 0 radical (unpaired) electrons. The summed E-state index contributed by atoms with van der Waals surface area (Å²) in [6.07, 6.45) is -1.13. The molecule has 2 amide bonds. The first-order valence-electron chi connectivity index (χ1n) is 8.79. The number of halogens is 1. The molecule has 29 heavy (non-hydrogen) atoms. The summed E-state index contributed by atoms with van der Waals surface area (Å²) in [5.41, 5.74) is 10.7. The number of aryl methyl sites for hydroxylation is 1. The molecule has 0 spiro atoms. The largest absolute Gasteiger partial charge is 0.465 e. The number of rotatable bonds is 3. The van der Waals surface area contributed by atoms with Crippen molar-refractivity contribution in [3.05, 3.63) is 57.8 Å². The third kappa shape index (κ3) is 3.11. The minimum absolute atomic E-state index is 0.172. The number of nitrogens with two attached hydrogens (primary N) is 1. The second-order valence-corrected chi connectivity index (χ2v) is 7.67.